The van der Waals surface area contributed by atoms with Crippen LogP contribution in [0.1, 0.15) is 35.4 Å². The molecule has 1 aromatic heterocycles. The molecule has 1 saturated heterocycles. The Kier molecular flexibility index (Phi) is 3.23. The summed E-state index contributed by atoms with van der Waals surface area (Å²) >= 11 is 1.74. The average Bonchev–Trinajstić information content (AvgIpc) is 3.00. The molecule has 2 heterocycles. The highest BCUT2D eigenvalue weighted by molar-refractivity contribution is 7.11. The van der Waals surface area contributed by atoms with E-state index in [0.717, 1.165) is 13.0 Å². The van der Waals surface area contributed by atoms with Gasteiger partial charge in [-0.15, -0.1) is 11.3 Å². The van der Waals surface area contributed by atoms with Crippen LogP contribution in [0.2, 0.25) is 0 Å². The molecule has 0 aromatic carbocycles. The lowest BCUT2D eigenvalue weighted by molar-refractivity contribution is -0.172. The fourth-order valence-electron chi connectivity index (χ4n) is 4.40. The normalized spacial score (nSPS) is 32.1. The summed E-state index contributed by atoms with van der Waals surface area (Å²) in [6.07, 6.45) is 5.21. The third kappa shape index (κ3) is 2.09. The fraction of sp³-hybridized carbons (Fsp3) is 0.688. The first-order valence-corrected chi connectivity index (χ1v) is 8.72. The molecule has 1 aliphatic heterocycles. The minimum Gasteiger partial charge on any atom is -0.377 e. The lowest BCUT2D eigenvalue weighted by Gasteiger charge is -2.63. The Morgan fingerprint density at radius 1 is 1.48 bits per heavy atom. The largest absolute Gasteiger partial charge is 0.377 e. The van der Waals surface area contributed by atoms with Crippen LogP contribution in [0.5, 0.6) is 0 Å². The number of urea groups is 1. The van der Waals surface area contributed by atoms with Gasteiger partial charge in [0.05, 0.1) is 12.6 Å². The number of carbonyl (C=O) groups is 1. The zero-order chi connectivity index (χ0) is 14.4. The minimum absolute atomic E-state index is 0.0253. The Hall–Kier alpha value is -1.07. The van der Waals surface area contributed by atoms with E-state index in [9.17, 15) is 4.79 Å². The van der Waals surface area contributed by atoms with Crippen molar-refractivity contribution in [1.82, 2.24) is 10.6 Å². The topological polar surface area (TPSA) is 50.4 Å². The molecule has 2 amide bonds. The Morgan fingerprint density at radius 3 is 3.00 bits per heavy atom. The number of hydrogen-bond acceptors (Lipinski definition) is 3. The maximum absolute atomic E-state index is 12.2. The number of aryl methyl sites for hydroxylation is 1. The quantitative estimate of drug-likeness (QED) is 0.902. The van der Waals surface area contributed by atoms with Crippen LogP contribution < -0.4 is 10.6 Å². The van der Waals surface area contributed by atoms with Gasteiger partial charge in [0, 0.05) is 33.7 Å². The molecular formula is C16H22N2O2S. The number of rotatable bonds is 3. The van der Waals surface area contributed by atoms with Crippen LogP contribution in [-0.4, -0.2) is 24.8 Å². The molecule has 2 saturated carbocycles. The first-order valence-electron chi connectivity index (χ1n) is 7.90. The molecule has 1 spiro atoms. The molecule has 0 radical (unpaired) electrons. The van der Waals surface area contributed by atoms with Gasteiger partial charge in [0.15, 0.2) is 0 Å². The van der Waals surface area contributed by atoms with Gasteiger partial charge in [0.2, 0.25) is 0 Å². The Bertz CT molecular complexity index is 552. The maximum atomic E-state index is 12.2. The van der Waals surface area contributed by atoms with Crippen molar-refractivity contribution in [3.63, 3.8) is 0 Å². The van der Waals surface area contributed by atoms with Crippen LogP contribution in [0.25, 0.3) is 0 Å². The number of nitrogens with one attached hydrogen (secondary N) is 2. The molecule has 4 nitrogen and oxygen atoms in total. The van der Waals surface area contributed by atoms with Crippen molar-refractivity contribution in [2.75, 3.05) is 6.61 Å². The second-order valence-corrected chi connectivity index (χ2v) is 8.02. The van der Waals surface area contributed by atoms with E-state index >= 15 is 0 Å². The van der Waals surface area contributed by atoms with E-state index in [0.29, 0.717) is 24.6 Å². The number of amides is 2. The summed E-state index contributed by atoms with van der Waals surface area (Å²) in [6, 6.07) is 4.47. The van der Waals surface area contributed by atoms with Gasteiger partial charge in [-0.2, -0.15) is 0 Å². The molecule has 5 heteroatoms. The van der Waals surface area contributed by atoms with Gasteiger partial charge in [0.1, 0.15) is 0 Å². The highest BCUT2D eigenvalue weighted by atomic mass is 32.1. The molecule has 3 aliphatic rings. The molecule has 21 heavy (non-hydrogen) atoms. The van der Waals surface area contributed by atoms with Crippen LogP contribution in [0.4, 0.5) is 4.79 Å². The molecule has 3 atom stereocenters. The standard InChI is InChI=1S/C16H22N2O2S/c1-10-3-4-11(21-10)9-17-15(19)18-13-12-5-8-20-14(12)16(13)6-2-7-16/h3-4,12-14H,2,5-9H2,1H3,(H2,17,18,19)/t12-,13+,14-/m0/s1. The SMILES string of the molecule is Cc1ccc(CNC(=O)N[C@@H]2[C@@H]3CCO[C@@H]3C23CCC3)s1. The van der Waals surface area contributed by atoms with Gasteiger partial charge >= 0.3 is 6.03 Å². The van der Waals surface area contributed by atoms with E-state index in [1.54, 1.807) is 11.3 Å². The van der Waals surface area contributed by atoms with Crippen molar-refractivity contribution in [2.24, 2.45) is 11.3 Å². The Labute approximate surface area is 129 Å². The van der Waals surface area contributed by atoms with Crippen LogP contribution in [0.3, 0.4) is 0 Å². The lowest BCUT2D eigenvalue weighted by Crippen LogP contribution is -2.72. The second-order valence-electron chi connectivity index (χ2n) is 6.65. The van der Waals surface area contributed by atoms with E-state index in [-0.39, 0.29) is 11.4 Å². The van der Waals surface area contributed by atoms with Gasteiger partial charge in [0.25, 0.3) is 0 Å². The number of thiophene rings is 1. The number of ether oxygens (including phenoxy) is 1. The van der Waals surface area contributed by atoms with Gasteiger partial charge < -0.3 is 15.4 Å². The predicted molar refractivity (Wildman–Crippen MR) is 82.3 cm³/mol. The van der Waals surface area contributed by atoms with Crippen LogP contribution in [-0.2, 0) is 11.3 Å². The number of fused-ring (bicyclic) bond motifs is 2. The van der Waals surface area contributed by atoms with Gasteiger partial charge in [-0.05, 0) is 38.3 Å². The summed E-state index contributed by atoms with van der Waals surface area (Å²) in [7, 11) is 0. The van der Waals surface area contributed by atoms with E-state index in [1.165, 1.54) is 29.0 Å². The van der Waals surface area contributed by atoms with Crippen molar-refractivity contribution in [1.29, 1.82) is 0 Å². The fourth-order valence-corrected chi connectivity index (χ4v) is 5.23. The summed E-state index contributed by atoms with van der Waals surface area (Å²) in [5, 5.41) is 6.23. The van der Waals surface area contributed by atoms with Crippen molar-refractivity contribution in [2.45, 2.75) is 51.3 Å². The summed E-state index contributed by atoms with van der Waals surface area (Å²) in [5.74, 6) is 0.542. The Balaban J connectivity index is 1.34. The first-order chi connectivity index (χ1) is 10.2. The summed E-state index contributed by atoms with van der Waals surface area (Å²) in [4.78, 5) is 14.7. The van der Waals surface area contributed by atoms with Crippen molar-refractivity contribution >= 4 is 17.4 Å². The molecule has 2 N–H and O–H groups in total. The molecule has 0 bridgehead atoms. The predicted octanol–water partition coefficient (Wildman–Crippen LogP) is 2.81. The van der Waals surface area contributed by atoms with Crippen molar-refractivity contribution in [3.8, 4) is 0 Å². The van der Waals surface area contributed by atoms with E-state index in [2.05, 4.69) is 29.7 Å². The van der Waals surface area contributed by atoms with Crippen LogP contribution in [0, 0.1) is 18.3 Å². The van der Waals surface area contributed by atoms with Gasteiger partial charge in [-0.3, -0.25) is 0 Å². The maximum Gasteiger partial charge on any atom is 0.315 e. The van der Waals surface area contributed by atoms with Crippen molar-refractivity contribution < 1.29 is 9.53 Å². The smallest absolute Gasteiger partial charge is 0.315 e. The highest BCUT2D eigenvalue weighted by Crippen LogP contribution is 2.62. The van der Waals surface area contributed by atoms with Gasteiger partial charge in [-0.1, -0.05) is 6.42 Å². The minimum atomic E-state index is -0.0253. The molecule has 3 fully saturated rings. The second kappa shape index (κ2) is 4.99. The van der Waals surface area contributed by atoms with Gasteiger partial charge in [-0.25, -0.2) is 4.79 Å². The van der Waals surface area contributed by atoms with E-state index < -0.39 is 0 Å². The van der Waals surface area contributed by atoms with Crippen LogP contribution in [0.15, 0.2) is 12.1 Å². The molecule has 4 rings (SSSR count). The molecule has 1 aromatic rings. The Morgan fingerprint density at radius 2 is 2.33 bits per heavy atom. The highest BCUT2D eigenvalue weighted by Gasteiger charge is 2.66. The van der Waals surface area contributed by atoms with E-state index in [4.69, 9.17) is 4.74 Å². The lowest BCUT2D eigenvalue weighted by atomic mass is 9.46. The molecule has 114 valence electrons. The third-order valence-corrected chi connectivity index (χ3v) is 6.54. The summed E-state index contributed by atoms with van der Waals surface area (Å²) in [6.45, 7) is 3.57. The molecular weight excluding hydrogens is 284 g/mol. The van der Waals surface area contributed by atoms with E-state index in [1.807, 2.05) is 0 Å². The third-order valence-electron chi connectivity index (χ3n) is 5.54. The molecule has 2 aliphatic carbocycles. The number of hydrogen-bond donors (Lipinski definition) is 2. The number of carbonyl (C=O) groups excluding carboxylic acids is 1. The summed E-state index contributed by atoms with van der Waals surface area (Å²) in [5.41, 5.74) is 0.262. The zero-order valence-electron chi connectivity index (χ0n) is 12.4. The first kappa shape index (κ1) is 13.6. The molecule has 0 unspecified atom stereocenters. The van der Waals surface area contributed by atoms with Crippen molar-refractivity contribution in [3.05, 3.63) is 21.9 Å². The average molecular weight is 306 g/mol. The monoisotopic (exact) mass is 306 g/mol. The van der Waals surface area contributed by atoms with Crippen LogP contribution >= 0.6 is 11.3 Å². The summed E-state index contributed by atoms with van der Waals surface area (Å²) < 4.78 is 5.88. The zero-order valence-corrected chi connectivity index (χ0v) is 13.2.